The van der Waals surface area contributed by atoms with Gasteiger partial charge in [0, 0.05) is 48.3 Å². The fraction of sp³-hybridized carbons (Fsp3) is 0.333. The number of carbonyl (C=O) groups excluding carboxylic acids is 2. The number of halogens is 2. The summed E-state index contributed by atoms with van der Waals surface area (Å²) >= 11 is 6.02. The number of hydrogen-bond donors (Lipinski definition) is 3. The molecule has 3 atom stereocenters. The molecule has 38 heavy (non-hydrogen) atoms. The first-order valence-corrected chi connectivity index (χ1v) is 12.7. The average Bonchev–Trinajstić information content (AvgIpc) is 3.48. The normalized spacial score (nSPS) is 20.2. The van der Waals surface area contributed by atoms with Crippen LogP contribution in [0.3, 0.4) is 0 Å². The molecule has 1 saturated heterocycles. The first-order chi connectivity index (χ1) is 18.3. The van der Waals surface area contributed by atoms with Crippen LogP contribution in [0.15, 0.2) is 53.3 Å². The van der Waals surface area contributed by atoms with Crippen LogP contribution in [-0.4, -0.2) is 48.8 Å². The summed E-state index contributed by atoms with van der Waals surface area (Å²) in [5.74, 6) is -0.857. The molecule has 0 aliphatic carbocycles. The van der Waals surface area contributed by atoms with Gasteiger partial charge in [-0.15, -0.1) is 0 Å². The molecule has 3 aromatic rings. The number of rotatable bonds is 8. The van der Waals surface area contributed by atoms with Crippen molar-refractivity contribution in [2.75, 3.05) is 31.6 Å². The first-order valence-electron chi connectivity index (χ1n) is 12.4. The summed E-state index contributed by atoms with van der Waals surface area (Å²) in [4.78, 5) is 38.9. The molecule has 2 aliphatic heterocycles. The molecule has 2 aliphatic rings. The van der Waals surface area contributed by atoms with E-state index in [1.54, 1.807) is 30.3 Å². The maximum atomic E-state index is 15.0. The van der Waals surface area contributed by atoms with Crippen LogP contribution in [0.1, 0.15) is 46.3 Å². The zero-order valence-electron chi connectivity index (χ0n) is 20.7. The van der Waals surface area contributed by atoms with E-state index < -0.39 is 17.7 Å². The molecule has 11 heteroatoms. The van der Waals surface area contributed by atoms with Crippen LogP contribution in [0.2, 0.25) is 5.02 Å². The van der Waals surface area contributed by atoms with Crippen molar-refractivity contribution in [3.63, 3.8) is 0 Å². The van der Waals surface area contributed by atoms with E-state index in [-0.39, 0.29) is 23.4 Å². The first kappa shape index (κ1) is 25.7. The fourth-order valence-electron chi connectivity index (χ4n) is 5.24. The lowest BCUT2D eigenvalue weighted by atomic mass is 9.88. The second-order valence-corrected chi connectivity index (χ2v) is 9.91. The van der Waals surface area contributed by atoms with Crippen molar-refractivity contribution in [1.82, 2.24) is 20.8 Å². The van der Waals surface area contributed by atoms with Gasteiger partial charge in [0.15, 0.2) is 0 Å². The Hall–Kier alpha value is -3.92. The van der Waals surface area contributed by atoms with Gasteiger partial charge in [-0.25, -0.2) is 9.49 Å². The number of H-pyrrole nitrogens is 1. The number of nitrogens with zero attached hydrogens (tertiary/aromatic N) is 2. The van der Waals surface area contributed by atoms with Crippen molar-refractivity contribution in [1.29, 1.82) is 0 Å². The van der Waals surface area contributed by atoms with Crippen LogP contribution >= 0.6 is 11.6 Å². The van der Waals surface area contributed by atoms with Crippen LogP contribution in [0, 0.1) is 11.7 Å². The minimum atomic E-state index is -0.541. The number of benzene rings is 2. The largest absolute Gasteiger partial charge is 0.497 e. The highest BCUT2D eigenvalue weighted by Crippen LogP contribution is 2.37. The second kappa shape index (κ2) is 10.8. The quantitative estimate of drug-likeness (QED) is 0.379. The zero-order chi connectivity index (χ0) is 26.8. The topological polar surface area (TPSA) is 116 Å². The van der Waals surface area contributed by atoms with Gasteiger partial charge in [0.2, 0.25) is 5.91 Å². The van der Waals surface area contributed by atoms with Crippen LogP contribution in [0.5, 0.6) is 5.75 Å². The van der Waals surface area contributed by atoms with Crippen molar-refractivity contribution in [2.24, 2.45) is 5.92 Å². The lowest BCUT2D eigenvalue weighted by Crippen LogP contribution is -2.35. The second-order valence-electron chi connectivity index (χ2n) is 9.48. The maximum absolute atomic E-state index is 15.0. The van der Waals surface area contributed by atoms with Crippen molar-refractivity contribution in [3.05, 3.63) is 86.4 Å². The van der Waals surface area contributed by atoms with Crippen LogP contribution in [0.4, 0.5) is 10.2 Å². The van der Waals surface area contributed by atoms with Crippen LogP contribution in [0.25, 0.3) is 0 Å². The molecule has 5 rings (SSSR count). The molecule has 2 aromatic carbocycles. The van der Waals surface area contributed by atoms with E-state index in [2.05, 4.69) is 20.8 Å². The number of carbonyl (C=O) groups is 2. The van der Waals surface area contributed by atoms with Gasteiger partial charge < -0.3 is 20.3 Å². The lowest BCUT2D eigenvalue weighted by molar-refractivity contribution is -0.124. The zero-order valence-corrected chi connectivity index (χ0v) is 21.4. The van der Waals surface area contributed by atoms with Gasteiger partial charge in [0.05, 0.1) is 19.1 Å². The number of anilines is 1. The van der Waals surface area contributed by atoms with Gasteiger partial charge in [-0.05, 0) is 48.2 Å². The third-order valence-corrected chi connectivity index (χ3v) is 7.40. The number of nitrogens with one attached hydrogen (secondary N) is 3. The van der Waals surface area contributed by atoms with E-state index in [9.17, 15) is 14.4 Å². The summed E-state index contributed by atoms with van der Waals surface area (Å²) in [6.07, 6.45) is 1.29. The lowest BCUT2D eigenvalue weighted by Gasteiger charge is -2.19. The van der Waals surface area contributed by atoms with Crippen molar-refractivity contribution in [3.8, 4) is 5.75 Å². The van der Waals surface area contributed by atoms with Crippen LogP contribution in [-0.2, 0) is 4.79 Å². The molecule has 0 saturated carbocycles. The molecule has 0 spiro atoms. The molecular formula is C27H27ClFN5O4. The highest BCUT2D eigenvalue weighted by Gasteiger charge is 2.40. The number of methoxy groups -OCH3 is 1. The third-order valence-electron chi connectivity index (χ3n) is 7.16. The average molecular weight is 540 g/mol. The number of aromatic nitrogens is 2. The molecule has 3 heterocycles. The molecule has 198 valence electrons. The highest BCUT2D eigenvalue weighted by molar-refractivity contribution is 6.31. The van der Waals surface area contributed by atoms with Crippen molar-refractivity contribution >= 4 is 29.2 Å². The fourth-order valence-corrected chi connectivity index (χ4v) is 5.41. The molecule has 0 radical (unpaired) electrons. The highest BCUT2D eigenvalue weighted by atomic mass is 35.5. The van der Waals surface area contributed by atoms with Crippen molar-refractivity contribution < 1.29 is 18.7 Å². The summed E-state index contributed by atoms with van der Waals surface area (Å²) in [6.45, 7) is 1.07. The Morgan fingerprint density at radius 3 is 2.71 bits per heavy atom. The predicted molar refractivity (Wildman–Crippen MR) is 140 cm³/mol. The summed E-state index contributed by atoms with van der Waals surface area (Å²) in [7, 11) is 1.47. The standard InChI is InChI=1S/C27H27ClFN5O4/c1-38-16-5-7-17(22(29)12-16)20-13-34(24-8-9-25(35)33-32-24)14-21(20)26(36)30-10-2-3-23-18-6-4-15(28)11-19(18)27(37)31-23/h4-9,11-12,20-21,23H,2-3,10,13-14H2,1H3,(H,30,36)(H,31,37)(H,33,35)/t20-,21+,23-/m0/s1. The summed E-state index contributed by atoms with van der Waals surface area (Å²) in [6, 6.07) is 12.7. The van der Waals surface area contributed by atoms with E-state index in [0.29, 0.717) is 60.2 Å². The number of ether oxygens (including phenoxy) is 1. The molecule has 9 nitrogen and oxygen atoms in total. The van der Waals surface area contributed by atoms with E-state index >= 15 is 4.39 Å². The summed E-state index contributed by atoms with van der Waals surface area (Å²) < 4.78 is 20.2. The van der Waals surface area contributed by atoms with Gasteiger partial charge in [0.1, 0.15) is 17.4 Å². The number of aromatic amines is 1. The van der Waals surface area contributed by atoms with Crippen LogP contribution < -0.4 is 25.8 Å². The monoisotopic (exact) mass is 539 g/mol. The molecule has 1 fully saturated rings. The number of amides is 2. The molecule has 1 aromatic heterocycles. The van der Waals surface area contributed by atoms with E-state index in [1.807, 2.05) is 11.0 Å². The Kier molecular flexibility index (Phi) is 7.33. The minimum absolute atomic E-state index is 0.138. The Morgan fingerprint density at radius 1 is 1.16 bits per heavy atom. The Labute approximate surface area is 223 Å². The summed E-state index contributed by atoms with van der Waals surface area (Å²) in [5.41, 5.74) is 1.57. The Bertz CT molecular complexity index is 1410. The minimum Gasteiger partial charge on any atom is -0.497 e. The number of fused-ring (bicyclic) bond motifs is 1. The van der Waals surface area contributed by atoms with E-state index in [0.717, 1.165) is 5.56 Å². The molecule has 0 unspecified atom stereocenters. The van der Waals surface area contributed by atoms with E-state index in [4.69, 9.17) is 16.3 Å². The van der Waals surface area contributed by atoms with Crippen molar-refractivity contribution in [2.45, 2.75) is 24.8 Å². The Balaban J connectivity index is 1.26. The van der Waals surface area contributed by atoms with Gasteiger partial charge >= 0.3 is 0 Å². The Morgan fingerprint density at radius 2 is 1.97 bits per heavy atom. The SMILES string of the molecule is COc1ccc([C@@H]2CN(c3ccc(=O)[nH]n3)C[C@H]2C(=O)NCCC[C@@H]2NC(=O)c3cc(Cl)ccc32)c(F)c1. The smallest absolute Gasteiger partial charge is 0.264 e. The van der Waals surface area contributed by atoms with Gasteiger partial charge in [-0.1, -0.05) is 23.7 Å². The maximum Gasteiger partial charge on any atom is 0.264 e. The number of hydrogen-bond acceptors (Lipinski definition) is 6. The van der Waals surface area contributed by atoms with Gasteiger partial charge in [-0.3, -0.25) is 14.4 Å². The molecule has 3 N–H and O–H groups in total. The third kappa shape index (κ3) is 5.22. The predicted octanol–water partition coefficient (Wildman–Crippen LogP) is 3.17. The van der Waals surface area contributed by atoms with E-state index in [1.165, 1.54) is 19.2 Å². The molecular weight excluding hydrogens is 513 g/mol. The van der Waals surface area contributed by atoms with Gasteiger partial charge in [-0.2, -0.15) is 5.10 Å². The molecule has 0 bridgehead atoms. The molecule has 2 amide bonds. The van der Waals surface area contributed by atoms with Gasteiger partial charge in [0.25, 0.3) is 11.5 Å². The summed E-state index contributed by atoms with van der Waals surface area (Å²) in [5, 5.41) is 13.0.